The molecule has 0 aliphatic carbocycles. The second kappa shape index (κ2) is 8.10. The molecule has 0 radical (unpaired) electrons. The third kappa shape index (κ3) is 6.76. The van der Waals surface area contributed by atoms with Gasteiger partial charge in [0.05, 0.1) is 18.1 Å². The summed E-state index contributed by atoms with van der Waals surface area (Å²) in [5, 5.41) is 0. The lowest BCUT2D eigenvalue weighted by atomic mass is 9.96. The average molecular weight is 320 g/mol. The first-order valence-electron chi connectivity index (χ1n) is 7.66. The van der Waals surface area contributed by atoms with E-state index in [0.717, 1.165) is 25.9 Å². The van der Waals surface area contributed by atoms with Crippen molar-refractivity contribution < 1.29 is 17.9 Å². The Kier molecular flexibility index (Phi) is 7.09. The molecular formula is C14H28N2O4S. The molecule has 1 rings (SSSR count). The molecule has 2 N–H and O–H groups in total. The summed E-state index contributed by atoms with van der Waals surface area (Å²) >= 11 is 0. The van der Waals surface area contributed by atoms with Crippen molar-refractivity contribution >= 4 is 15.8 Å². The lowest BCUT2D eigenvalue weighted by molar-refractivity contribution is -0.149. The van der Waals surface area contributed by atoms with Crippen molar-refractivity contribution in [3.8, 4) is 0 Å². The molecule has 1 unspecified atom stereocenters. The first kappa shape index (κ1) is 18.4. The fourth-order valence-electron chi connectivity index (χ4n) is 2.44. The highest BCUT2D eigenvalue weighted by molar-refractivity contribution is 7.91. The average Bonchev–Trinajstić information content (AvgIpc) is 2.56. The van der Waals surface area contributed by atoms with Crippen LogP contribution in [0.15, 0.2) is 0 Å². The Bertz CT molecular complexity index is 434. The molecule has 0 saturated carbocycles. The maximum Gasteiger partial charge on any atom is 0.325 e. The van der Waals surface area contributed by atoms with Gasteiger partial charge in [-0.15, -0.1) is 0 Å². The van der Waals surface area contributed by atoms with Gasteiger partial charge in [-0.05, 0) is 52.6 Å². The molecule has 0 aromatic carbocycles. The van der Waals surface area contributed by atoms with Crippen molar-refractivity contribution in [3.63, 3.8) is 0 Å². The van der Waals surface area contributed by atoms with Gasteiger partial charge in [-0.3, -0.25) is 4.79 Å². The monoisotopic (exact) mass is 320 g/mol. The van der Waals surface area contributed by atoms with Crippen molar-refractivity contribution in [2.75, 3.05) is 37.7 Å². The van der Waals surface area contributed by atoms with Crippen molar-refractivity contribution in [1.82, 2.24) is 4.90 Å². The van der Waals surface area contributed by atoms with E-state index in [1.807, 2.05) is 0 Å². The van der Waals surface area contributed by atoms with Crippen LogP contribution in [-0.2, 0) is 19.4 Å². The topological polar surface area (TPSA) is 89.7 Å². The maximum atomic E-state index is 11.7. The minimum atomic E-state index is -2.85. The van der Waals surface area contributed by atoms with E-state index in [0.29, 0.717) is 31.7 Å². The number of hydrogen-bond acceptors (Lipinski definition) is 6. The summed E-state index contributed by atoms with van der Waals surface area (Å²) in [4.78, 5) is 13.8. The number of nitrogens with zero attached hydrogens (tertiary/aromatic N) is 1. The Morgan fingerprint density at radius 1 is 1.29 bits per heavy atom. The van der Waals surface area contributed by atoms with Crippen LogP contribution in [0.25, 0.3) is 0 Å². The quantitative estimate of drug-likeness (QED) is 0.544. The molecular weight excluding hydrogens is 292 g/mol. The molecule has 6 nitrogen and oxygen atoms in total. The van der Waals surface area contributed by atoms with Crippen LogP contribution in [0.3, 0.4) is 0 Å². The standard InChI is InChI=1S/C14H28N2O4S/c1-3-20-13(17)14(2,15)7-4-5-8-16-9-6-11-21(18,19)12-10-16/h3-12,15H2,1-2H3. The summed E-state index contributed by atoms with van der Waals surface area (Å²) in [6, 6.07) is 0. The Balaban J connectivity index is 2.26. The van der Waals surface area contributed by atoms with E-state index in [-0.39, 0.29) is 11.7 Å². The number of unbranched alkanes of at least 4 members (excludes halogenated alkanes) is 1. The molecule has 1 aliphatic heterocycles. The minimum absolute atomic E-state index is 0.254. The van der Waals surface area contributed by atoms with E-state index >= 15 is 0 Å². The van der Waals surface area contributed by atoms with Gasteiger partial charge in [0, 0.05) is 6.54 Å². The molecule has 0 aromatic heterocycles. The number of esters is 1. The largest absolute Gasteiger partial charge is 0.465 e. The second-order valence-corrected chi connectivity index (χ2v) is 8.25. The van der Waals surface area contributed by atoms with Gasteiger partial charge in [0.15, 0.2) is 9.84 Å². The highest BCUT2D eigenvalue weighted by atomic mass is 32.2. The summed E-state index contributed by atoms with van der Waals surface area (Å²) in [5.74, 6) is 0.198. The normalized spacial score (nSPS) is 22.2. The molecule has 1 fully saturated rings. The van der Waals surface area contributed by atoms with Gasteiger partial charge in [0.1, 0.15) is 5.54 Å². The zero-order chi connectivity index (χ0) is 15.9. The fourth-order valence-corrected chi connectivity index (χ4v) is 3.75. The van der Waals surface area contributed by atoms with Gasteiger partial charge in [-0.1, -0.05) is 0 Å². The van der Waals surface area contributed by atoms with Crippen LogP contribution in [0.5, 0.6) is 0 Å². The fraction of sp³-hybridized carbons (Fsp3) is 0.929. The third-order valence-electron chi connectivity index (χ3n) is 3.81. The minimum Gasteiger partial charge on any atom is -0.465 e. The smallest absolute Gasteiger partial charge is 0.325 e. The van der Waals surface area contributed by atoms with Gasteiger partial charge in [-0.25, -0.2) is 8.42 Å². The van der Waals surface area contributed by atoms with Gasteiger partial charge < -0.3 is 15.4 Å². The molecule has 0 bridgehead atoms. The molecule has 0 spiro atoms. The highest BCUT2D eigenvalue weighted by Gasteiger charge is 2.29. The molecule has 0 amide bonds. The summed E-state index contributed by atoms with van der Waals surface area (Å²) in [7, 11) is -2.85. The van der Waals surface area contributed by atoms with Gasteiger partial charge >= 0.3 is 5.97 Å². The Hall–Kier alpha value is -0.660. The second-order valence-electron chi connectivity index (χ2n) is 5.94. The lowest BCUT2D eigenvalue weighted by Crippen LogP contribution is -2.46. The maximum absolute atomic E-state index is 11.7. The zero-order valence-corrected chi connectivity index (χ0v) is 14.0. The number of carbonyl (C=O) groups is 1. The number of ether oxygens (including phenoxy) is 1. The number of carbonyl (C=O) groups excluding carboxylic acids is 1. The SMILES string of the molecule is CCOC(=O)C(C)(N)CCCCN1CCCS(=O)(=O)CC1. The van der Waals surface area contributed by atoms with Gasteiger partial charge in [-0.2, -0.15) is 0 Å². The van der Waals surface area contributed by atoms with E-state index in [2.05, 4.69) is 4.90 Å². The summed E-state index contributed by atoms with van der Waals surface area (Å²) in [6.45, 7) is 6.10. The van der Waals surface area contributed by atoms with Gasteiger partial charge in [0.2, 0.25) is 0 Å². The van der Waals surface area contributed by atoms with Crippen LogP contribution >= 0.6 is 0 Å². The van der Waals surface area contributed by atoms with Crippen molar-refractivity contribution in [1.29, 1.82) is 0 Å². The Morgan fingerprint density at radius 2 is 2.00 bits per heavy atom. The van der Waals surface area contributed by atoms with Crippen LogP contribution < -0.4 is 5.73 Å². The Labute approximate surface area is 127 Å². The molecule has 1 atom stereocenters. The summed E-state index contributed by atoms with van der Waals surface area (Å²) in [6.07, 6.45) is 3.03. The first-order valence-corrected chi connectivity index (χ1v) is 9.48. The highest BCUT2D eigenvalue weighted by Crippen LogP contribution is 2.14. The molecule has 7 heteroatoms. The third-order valence-corrected chi connectivity index (χ3v) is 5.53. The van der Waals surface area contributed by atoms with Gasteiger partial charge in [0.25, 0.3) is 0 Å². The summed E-state index contributed by atoms with van der Waals surface area (Å²) in [5.41, 5.74) is 5.03. The van der Waals surface area contributed by atoms with E-state index in [1.54, 1.807) is 13.8 Å². The zero-order valence-electron chi connectivity index (χ0n) is 13.1. The van der Waals surface area contributed by atoms with Crippen LogP contribution in [-0.4, -0.2) is 62.6 Å². The predicted molar refractivity (Wildman–Crippen MR) is 82.8 cm³/mol. The Morgan fingerprint density at radius 3 is 2.67 bits per heavy atom. The van der Waals surface area contributed by atoms with E-state index in [9.17, 15) is 13.2 Å². The lowest BCUT2D eigenvalue weighted by Gasteiger charge is -2.23. The number of nitrogens with two attached hydrogens (primary N) is 1. The molecule has 21 heavy (non-hydrogen) atoms. The number of rotatable bonds is 7. The van der Waals surface area contributed by atoms with Crippen molar-refractivity contribution in [2.45, 2.75) is 45.1 Å². The number of sulfone groups is 1. The van der Waals surface area contributed by atoms with Crippen LogP contribution in [0.4, 0.5) is 0 Å². The molecule has 0 aromatic rings. The first-order chi connectivity index (χ1) is 9.77. The number of hydrogen-bond donors (Lipinski definition) is 1. The van der Waals surface area contributed by atoms with E-state index < -0.39 is 15.4 Å². The molecule has 1 saturated heterocycles. The van der Waals surface area contributed by atoms with Crippen molar-refractivity contribution in [3.05, 3.63) is 0 Å². The molecule has 124 valence electrons. The molecule has 1 heterocycles. The van der Waals surface area contributed by atoms with Crippen LogP contribution in [0.1, 0.15) is 39.5 Å². The molecule has 1 aliphatic rings. The van der Waals surface area contributed by atoms with E-state index in [1.165, 1.54) is 0 Å². The van der Waals surface area contributed by atoms with E-state index in [4.69, 9.17) is 10.5 Å². The van der Waals surface area contributed by atoms with Crippen molar-refractivity contribution in [2.24, 2.45) is 5.73 Å². The van der Waals surface area contributed by atoms with Crippen LogP contribution in [0, 0.1) is 0 Å². The summed E-state index contributed by atoms with van der Waals surface area (Å²) < 4.78 is 28.0. The van der Waals surface area contributed by atoms with Crippen LogP contribution in [0.2, 0.25) is 0 Å². The predicted octanol–water partition coefficient (Wildman–Crippen LogP) is 0.558.